The smallest absolute Gasteiger partial charge is 0.226 e. The molecule has 0 aliphatic carbocycles. The maximum atomic E-state index is 9.63. The highest BCUT2D eigenvalue weighted by Crippen LogP contribution is 2.26. The highest BCUT2D eigenvalue weighted by molar-refractivity contribution is 5.87. The summed E-state index contributed by atoms with van der Waals surface area (Å²) in [5, 5.41) is 20.5. The summed E-state index contributed by atoms with van der Waals surface area (Å²) in [6.45, 7) is 4.19. The fourth-order valence-electron chi connectivity index (χ4n) is 2.23. The number of aliphatic hydroxyl groups is 1. The van der Waals surface area contributed by atoms with Crippen molar-refractivity contribution in [1.82, 2.24) is 20.2 Å². The molecule has 1 atom stereocenters. The van der Waals surface area contributed by atoms with Gasteiger partial charge in [0.15, 0.2) is 5.65 Å². The van der Waals surface area contributed by atoms with Crippen LogP contribution in [0, 0.1) is 0 Å². The average molecular weight is 248 g/mol. The molecule has 1 unspecified atom stereocenters. The van der Waals surface area contributed by atoms with Crippen molar-refractivity contribution in [3.8, 4) is 0 Å². The summed E-state index contributed by atoms with van der Waals surface area (Å²) in [6, 6.07) is 0. The van der Waals surface area contributed by atoms with E-state index in [2.05, 4.69) is 30.4 Å². The first kappa shape index (κ1) is 11.2. The number of hydrogen-bond donors (Lipinski definition) is 3. The van der Waals surface area contributed by atoms with Crippen LogP contribution in [0.25, 0.3) is 11.0 Å². The third-order valence-electron chi connectivity index (χ3n) is 3.09. The van der Waals surface area contributed by atoms with Crippen molar-refractivity contribution < 1.29 is 5.11 Å². The molecular formula is C11H16N6O. The summed E-state index contributed by atoms with van der Waals surface area (Å²) in [4.78, 5) is 10.9. The number of nitrogens with one attached hydrogen (secondary N) is 2. The first-order chi connectivity index (χ1) is 8.78. The van der Waals surface area contributed by atoms with E-state index in [-0.39, 0.29) is 6.10 Å². The van der Waals surface area contributed by atoms with Gasteiger partial charge >= 0.3 is 0 Å². The van der Waals surface area contributed by atoms with Crippen molar-refractivity contribution in [1.29, 1.82) is 0 Å². The van der Waals surface area contributed by atoms with Crippen LogP contribution in [0.15, 0.2) is 6.20 Å². The van der Waals surface area contributed by atoms with Crippen molar-refractivity contribution in [2.75, 3.05) is 29.9 Å². The minimum absolute atomic E-state index is 0.274. The lowest BCUT2D eigenvalue weighted by atomic mass is 10.3. The zero-order valence-corrected chi connectivity index (χ0v) is 10.2. The molecule has 0 aromatic carbocycles. The Balaban J connectivity index is 2.05. The molecule has 1 aliphatic rings. The second-order valence-electron chi connectivity index (χ2n) is 4.42. The molecule has 0 radical (unpaired) electrons. The van der Waals surface area contributed by atoms with Crippen LogP contribution in [0.5, 0.6) is 0 Å². The Hall–Kier alpha value is -1.89. The van der Waals surface area contributed by atoms with Gasteiger partial charge in [-0.2, -0.15) is 15.1 Å². The molecule has 2 aromatic heterocycles. The number of aliphatic hydroxyl groups excluding tert-OH is 1. The molecule has 0 spiro atoms. The van der Waals surface area contributed by atoms with Crippen LogP contribution in [0.2, 0.25) is 0 Å². The molecule has 18 heavy (non-hydrogen) atoms. The molecule has 1 saturated heterocycles. The normalized spacial score (nSPS) is 19.7. The van der Waals surface area contributed by atoms with Crippen LogP contribution in [0.3, 0.4) is 0 Å². The van der Waals surface area contributed by atoms with E-state index in [0.29, 0.717) is 12.5 Å². The van der Waals surface area contributed by atoms with Gasteiger partial charge in [-0.3, -0.25) is 5.10 Å². The Labute approximate surface area is 104 Å². The molecule has 1 aliphatic heterocycles. The predicted molar refractivity (Wildman–Crippen MR) is 68.7 cm³/mol. The summed E-state index contributed by atoms with van der Waals surface area (Å²) in [7, 11) is 0. The summed E-state index contributed by atoms with van der Waals surface area (Å²) in [6.07, 6.45) is 2.23. The van der Waals surface area contributed by atoms with E-state index < -0.39 is 0 Å². The van der Waals surface area contributed by atoms with Crippen molar-refractivity contribution in [3.05, 3.63) is 6.20 Å². The fraction of sp³-hybridized carbons (Fsp3) is 0.545. The Morgan fingerprint density at radius 2 is 2.44 bits per heavy atom. The van der Waals surface area contributed by atoms with Gasteiger partial charge in [0.25, 0.3) is 0 Å². The molecular weight excluding hydrogens is 232 g/mol. The Morgan fingerprint density at radius 3 is 3.17 bits per heavy atom. The Bertz CT molecular complexity index is 553. The van der Waals surface area contributed by atoms with Gasteiger partial charge in [0.05, 0.1) is 17.7 Å². The first-order valence-corrected chi connectivity index (χ1v) is 6.16. The predicted octanol–water partition coefficient (Wildman–Crippen LogP) is 0.356. The van der Waals surface area contributed by atoms with E-state index in [9.17, 15) is 5.11 Å². The quantitative estimate of drug-likeness (QED) is 0.726. The van der Waals surface area contributed by atoms with Crippen LogP contribution in [0.4, 0.5) is 11.8 Å². The molecule has 2 aromatic rings. The number of aromatic amines is 1. The van der Waals surface area contributed by atoms with Crippen LogP contribution >= 0.6 is 0 Å². The molecule has 7 nitrogen and oxygen atoms in total. The van der Waals surface area contributed by atoms with Crippen molar-refractivity contribution in [3.63, 3.8) is 0 Å². The molecule has 0 bridgehead atoms. The monoisotopic (exact) mass is 248 g/mol. The molecule has 7 heteroatoms. The minimum Gasteiger partial charge on any atom is -0.391 e. The Morgan fingerprint density at radius 1 is 1.56 bits per heavy atom. The van der Waals surface area contributed by atoms with Crippen LogP contribution in [-0.2, 0) is 0 Å². The fourth-order valence-corrected chi connectivity index (χ4v) is 2.23. The lowest BCUT2D eigenvalue weighted by Crippen LogP contribution is -2.23. The van der Waals surface area contributed by atoms with Crippen molar-refractivity contribution in [2.45, 2.75) is 19.4 Å². The standard InChI is InChI=1S/C11H16N6O/c1-2-12-11-14-9-8(5-13-16-9)10(15-11)17-4-3-7(18)6-17/h5,7,18H,2-4,6H2,1H3,(H2,12,13,14,15,16). The second kappa shape index (κ2) is 4.41. The van der Waals surface area contributed by atoms with Gasteiger partial charge in [-0.25, -0.2) is 0 Å². The molecule has 96 valence electrons. The second-order valence-corrected chi connectivity index (χ2v) is 4.42. The van der Waals surface area contributed by atoms with Gasteiger partial charge in [-0.1, -0.05) is 0 Å². The third-order valence-corrected chi connectivity index (χ3v) is 3.09. The number of β-amino-alcohol motifs (C(OH)–C–C–N with tert-alkyl or cyclic N) is 1. The maximum Gasteiger partial charge on any atom is 0.226 e. The molecule has 3 rings (SSSR count). The highest BCUT2D eigenvalue weighted by atomic mass is 16.3. The van der Waals surface area contributed by atoms with Gasteiger partial charge in [0.2, 0.25) is 5.95 Å². The number of hydrogen-bond acceptors (Lipinski definition) is 6. The summed E-state index contributed by atoms with van der Waals surface area (Å²) in [5.41, 5.74) is 0.720. The highest BCUT2D eigenvalue weighted by Gasteiger charge is 2.24. The van der Waals surface area contributed by atoms with E-state index >= 15 is 0 Å². The van der Waals surface area contributed by atoms with Gasteiger partial charge < -0.3 is 15.3 Å². The lowest BCUT2D eigenvalue weighted by Gasteiger charge is -2.18. The number of aromatic nitrogens is 4. The topological polar surface area (TPSA) is 90.0 Å². The largest absolute Gasteiger partial charge is 0.391 e. The number of fused-ring (bicyclic) bond motifs is 1. The van der Waals surface area contributed by atoms with Crippen LogP contribution in [0.1, 0.15) is 13.3 Å². The third kappa shape index (κ3) is 1.86. The minimum atomic E-state index is -0.274. The van der Waals surface area contributed by atoms with Gasteiger partial charge in [-0.15, -0.1) is 0 Å². The molecule has 0 saturated carbocycles. The summed E-state index contributed by atoms with van der Waals surface area (Å²) in [5.74, 6) is 1.42. The average Bonchev–Trinajstić information content (AvgIpc) is 2.97. The Kier molecular flexibility index (Phi) is 2.75. The van der Waals surface area contributed by atoms with E-state index in [1.54, 1.807) is 6.20 Å². The molecule has 0 amide bonds. The number of H-pyrrole nitrogens is 1. The number of rotatable bonds is 3. The SMILES string of the molecule is CCNc1nc(N2CCC(O)C2)c2cn[nH]c2n1. The van der Waals surface area contributed by atoms with Gasteiger partial charge in [0.1, 0.15) is 5.82 Å². The number of anilines is 2. The van der Waals surface area contributed by atoms with E-state index in [1.807, 2.05) is 6.92 Å². The lowest BCUT2D eigenvalue weighted by molar-refractivity contribution is 0.198. The number of nitrogens with zero attached hydrogens (tertiary/aromatic N) is 4. The zero-order chi connectivity index (χ0) is 12.5. The van der Waals surface area contributed by atoms with Gasteiger partial charge in [0, 0.05) is 19.6 Å². The van der Waals surface area contributed by atoms with Crippen molar-refractivity contribution in [2.24, 2.45) is 0 Å². The van der Waals surface area contributed by atoms with E-state index in [1.165, 1.54) is 0 Å². The summed E-state index contributed by atoms with van der Waals surface area (Å²) < 4.78 is 0. The van der Waals surface area contributed by atoms with Crippen LogP contribution < -0.4 is 10.2 Å². The zero-order valence-electron chi connectivity index (χ0n) is 10.2. The first-order valence-electron chi connectivity index (χ1n) is 6.16. The molecule has 3 N–H and O–H groups in total. The molecule has 3 heterocycles. The van der Waals surface area contributed by atoms with Crippen LogP contribution in [-0.4, -0.2) is 51.0 Å². The molecule has 1 fully saturated rings. The van der Waals surface area contributed by atoms with E-state index in [0.717, 1.165) is 36.4 Å². The van der Waals surface area contributed by atoms with E-state index in [4.69, 9.17) is 0 Å². The van der Waals surface area contributed by atoms with Gasteiger partial charge in [-0.05, 0) is 13.3 Å². The maximum absolute atomic E-state index is 9.63. The van der Waals surface area contributed by atoms with Crippen molar-refractivity contribution >= 4 is 22.8 Å². The summed E-state index contributed by atoms with van der Waals surface area (Å²) >= 11 is 0.